The molecule has 158 valence electrons. The zero-order valence-electron chi connectivity index (χ0n) is 17.2. The van der Waals surface area contributed by atoms with E-state index in [0.29, 0.717) is 12.2 Å². The van der Waals surface area contributed by atoms with Crippen LogP contribution in [0.2, 0.25) is 0 Å². The molecule has 0 saturated heterocycles. The molecule has 1 aliphatic heterocycles. The summed E-state index contributed by atoms with van der Waals surface area (Å²) in [4.78, 5) is 39.9. The van der Waals surface area contributed by atoms with Gasteiger partial charge in [0.2, 0.25) is 11.8 Å². The van der Waals surface area contributed by atoms with Gasteiger partial charge in [0.25, 0.3) is 5.91 Å². The zero-order chi connectivity index (χ0) is 21.4. The van der Waals surface area contributed by atoms with Crippen molar-refractivity contribution in [2.24, 2.45) is 11.0 Å². The van der Waals surface area contributed by atoms with Gasteiger partial charge in [0.1, 0.15) is 5.75 Å². The summed E-state index contributed by atoms with van der Waals surface area (Å²) in [6, 6.07) is 7.15. The molecule has 9 nitrogen and oxygen atoms in total. The van der Waals surface area contributed by atoms with Crippen molar-refractivity contribution in [2.45, 2.75) is 46.1 Å². The lowest BCUT2D eigenvalue weighted by atomic mass is 9.94. The van der Waals surface area contributed by atoms with E-state index in [1.165, 1.54) is 0 Å². The molecule has 0 bridgehead atoms. The molecule has 9 heteroatoms. The SMILES string of the molecule is CC1CC(=O)NN=C1c1ccc(OCC(=O)NCCC(=O)NOC(C)(C)C)cc1. The fourth-order valence-corrected chi connectivity index (χ4v) is 2.50. The largest absolute Gasteiger partial charge is 0.484 e. The molecule has 3 N–H and O–H groups in total. The summed E-state index contributed by atoms with van der Waals surface area (Å²) in [7, 11) is 0. The van der Waals surface area contributed by atoms with Gasteiger partial charge in [-0.05, 0) is 50.6 Å². The Morgan fingerprint density at radius 2 is 1.90 bits per heavy atom. The summed E-state index contributed by atoms with van der Waals surface area (Å²) in [5, 5.41) is 6.72. The van der Waals surface area contributed by atoms with Crippen LogP contribution in [0.1, 0.15) is 46.1 Å². The van der Waals surface area contributed by atoms with Crippen LogP contribution in [0.15, 0.2) is 29.4 Å². The molecule has 1 aromatic carbocycles. The summed E-state index contributed by atoms with van der Waals surface area (Å²) < 4.78 is 5.46. The van der Waals surface area contributed by atoms with E-state index in [2.05, 4.69) is 21.3 Å². The molecular formula is C20H28N4O5. The van der Waals surface area contributed by atoms with Gasteiger partial charge in [-0.1, -0.05) is 6.92 Å². The van der Waals surface area contributed by atoms with Gasteiger partial charge in [0.15, 0.2) is 6.61 Å². The molecule has 0 radical (unpaired) electrons. The van der Waals surface area contributed by atoms with Crippen LogP contribution >= 0.6 is 0 Å². The molecule has 0 saturated carbocycles. The van der Waals surface area contributed by atoms with Gasteiger partial charge in [-0.25, -0.2) is 10.9 Å². The average Bonchev–Trinajstić information content (AvgIpc) is 2.65. The van der Waals surface area contributed by atoms with Crippen LogP contribution in [0, 0.1) is 5.92 Å². The molecule has 1 atom stereocenters. The number of hydroxylamine groups is 1. The van der Waals surface area contributed by atoms with E-state index in [9.17, 15) is 14.4 Å². The van der Waals surface area contributed by atoms with Gasteiger partial charge in [0, 0.05) is 25.3 Å². The number of rotatable bonds is 8. The Balaban J connectivity index is 1.71. The molecule has 2 rings (SSSR count). The first-order valence-corrected chi connectivity index (χ1v) is 9.47. The summed E-state index contributed by atoms with van der Waals surface area (Å²) in [6.07, 6.45) is 0.505. The van der Waals surface area contributed by atoms with Gasteiger partial charge in [-0.3, -0.25) is 19.2 Å². The normalized spacial score (nSPS) is 16.5. The molecule has 29 heavy (non-hydrogen) atoms. The van der Waals surface area contributed by atoms with Crippen LogP contribution in [-0.4, -0.2) is 42.2 Å². The predicted octanol–water partition coefficient (Wildman–Crippen LogP) is 1.28. The van der Waals surface area contributed by atoms with Crippen molar-refractivity contribution in [3.05, 3.63) is 29.8 Å². The first kappa shape index (κ1) is 22.4. The monoisotopic (exact) mass is 404 g/mol. The number of hydrogen-bond acceptors (Lipinski definition) is 6. The second-order valence-electron chi connectivity index (χ2n) is 7.79. The van der Waals surface area contributed by atoms with Gasteiger partial charge in [-0.2, -0.15) is 5.10 Å². The van der Waals surface area contributed by atoms with Gasteiger partial charge in [0.05, 0.1) is 11.3 Å². The van der Waals surface area contributed by atoms with Crippen molar-refractivity contribution in [3.63, 3.8) is 0 Å². The smallest absolute Gasteiger partial charge is 0.257 e. The Labute approximate surface area is 170 Å². The van der Waals surface area contributed by atoms with Crippen LogP contribution in [0.25, 0.3) is 0 Å². The lowest BCUT2D eigenvalue weighted by Gasteiger charge is -2.19. The Morgan fingerprint density at radius 1 is 1.21 bits per heavy atom. The van der Waals surface area contributed by atoms with Crippen LogP contribution < -0.4 is 21.0 Å². The fourth-order valence-electron chi connectivity index (χ4n) is 2.50. The first-order valence-electron chi connectivity index (χ1n) is 9.47. The minimum Gasteiger partial charge on any atom is -0.484 e. The van der Waals surface area contributed by atoms with E-state index < -0.39 is 5.60 Å². The minimum absolute atomic E-state index is 0.0345. The molecule has 1 aromatic rings. The van der Waals surface area contributed by atoms with Crippen molar-refractivity contribution in [3.8, 4) is 5.75 Å². The van der Waals surface area contributed by atoms with E-state index in [-0.39, 0.29) is 43.2 Å². The van der Waals surface area contributed by atoms with Gasteiger partial charge < -0.3 is 10.1 Å². The van der Waals surface area contributed by atoms with Crippen molar-refractivity contribution in [1.29, 1.82) is 0 Å². The minimum atomic E-state index is -0.474. The maximum absolute atomic E-state index is 11.8. The molecular weight excluding hydrogens is 376 g/mol. The quantitative estimate of drug-likeness (QED) is 0.564. The van der Waals surface area contributed by atoms with E-state index in [1.54, 1.807) is 12.1 Å². The zero-order valence-corrected chi connectivity index (χ0v) is 17.2. The average molecular weight is 404 g/mol. The van der Waals surface area contributed by atoms with Gasteiger partial charge in [-0.15, -0.1) is 0 Å². The van der Waals surface area contributed by atoms with Crippen LogP contribution in [0.5, 0.6) is 5.75 Å². The molecule has 0 aromatic heterocycles. The Hall–Kier alpha value is -2.94. The second-order valence-corrected chi connectivity index (χ2v) is 7.79. The van der Waals surface area contributed by atoms with E-state index in [0.717, 1.165) is 11.3 Å². The van der Waals surface area contributed by atoms with E-state index in [1.807, 2.05) is 39.8 Å². The van der Waals surface area contributed by atoms with Crippen molar-refractivity contribution in [2.75, 3.05) is 13.2 Å². The number of amides is 3. The number of carbonyl (C=O) groups excluding carboxylic acids is 3. The molecule has 1 heterocycles. The third kappa shape index (κ3) is 7.90. The standard InChI is InChI=1S/C20H28N4O5/c1-13-11-17(26)22-23-19(13)14-5-7-15(8-6-14)28-12-18(27)21-10-9-16(25)24-29-20(2,3)4/h5-8,13H,9-12H2,1-4H3,(H,21,27)(H,22,26)(H,24,25). The number of carbonyl (C=O) groups is 3. The number of nitrogens with zero attached hydrogens (tertiary/aromatic N) is 1. The van der Waals surface area contributed by atoms with Gasteiger partial charge >= 0.3 is 0 Å². The highest BCUT2D eigenvalue weighted by Gasteiger charge is 2.21. The van der Waals surface area contributed by atoms with Crippen molar-refractivity contribution < 1.29 is 24.0 Å². The Bertz CT molecular complexity index is 768. The Morgan fingerprint density at radius 3 is 2.52 bits per heavy atom. The summed E-state index contributed by atoms with van der Waals surface area (Å²) in [6.45, 7) is 7.43. The van der Waals surface area contributed by atoms with Crippen molar-refractivity contribution >= 4 is 23.4 Å². The molecule has 1 unspecified atom stereocenters. The van der Waals surface area contributed by atoms with E-state index in [4.69, 9.17) is 9.57 Å². The highest BCUT2D eigenvalue weighted by molar-refractivity contribution is 6.05. The fraction of sp³-hybridized carbons (Fsp3) is 0.500. The third-order valence-corrected chi connectivity index (χ3v) is 3.92. The number of ether oxygens (including phenoxy) is 1. The van der Waals surface area contributed by atoms with Crippen LogP contribution in [-0.2, 0) is 19.2 Å². The molecule has 0 fully saturated rings. The third-order valence-electron chi connectivity index (χ3n) is 3.92. The van der Waals surface area contributed by atoms with Crippen LogP contribution in [0.3, 0.4) is 0 Å². The number of hydrazone groups is 1. The topological polar surface area (TPSA) is 118 Å². The first-order chi connectivity index (χ1) is 13.6. The lowest BCUT2D eigenvalue weighted by molar-refractivity contribution is -0.145. The molecule has 0 aliphatic carbocycles. The summed E-state index contributed by atoms with van der Waals surface area (Å²) >= 11 is 0. The molecule has 1 aliphatic rings. The highest BCUT2D eigenvalue weighted by Crippen LogP contribution is 2.19. The number of benzene rings is 1. The number of nitrogens with one attached hydrogen (secondary N) is 3. The predicted molar refractivity (Wildman–Crippen MR) is 107 cm³/mol. The lowest BCUT2D eigenvalue weighted by Crippen LogP contribution is -2.36. The van der Waals surface area contributed by atoms with Crippen LogP contribution in [0.4, 0.5) is 0 Å². The summed E-state index contributed by atoms with van der Waals surface area (Å²) in [5.74, 6) is -0.161. The Kier molecular flexibility index (Phi) is 7.72. The van der Waals surface area contributed by atoms with Crippen molar-refractivity contribution in [1.82, 2.24) is 16.2 Å². The molecule has 0 spiro atoms. The number of hydrogen-bond donors (Lipinski definition) is 3. The second kappa shape index (κ2) is 10.0. The maximum Gasteiger partial charge on any atom is 0.257 e. The summed E-state index contributed by atoms with van der Waals surface area (Å²) in [5.41, 5.74) is 6.05. The maximum atomic E-state index is 11.8. The molecule has 3 amide bonds. The van der Waals surface area contributed by atoms with E-state index >= 15 is 0 Å². The highest BCUT2D eigenvalue weighted by atomic mass is 16.7.